The van der Waals surface area contributed by atoms with Crippen molar-refractivity contribution in [2.24, 2.45) is 0 Å². The number of hydrogen-bond acceptors (Lipinski definition) is 2. The van der Waals surface area contributed by atoms with E-state index in [1.54, 1.807) is 7.05 Å². The van der Waals surface area contributed by atoms with Crippen LogP contribution in [0.5, 0.6) is 0 Å². The Balaban J connectivity index is 3.50. The summed E-state index contributed by atoms with van der Waals surface area (Å²) in [6, 6.07) is 2.28. The Hall–Kier alpha value is -0.520. The number of nitrogens with zero attached hydrogens (tertiary/aromatic N) is 1. The van der Waals surface area contributed by atoms with Gasteiger partial charge in [0.25, 0.3) is 0 Å². The minimum Gasteiger partial charge on any atom is -0.311 e. The molecule has 2 nitrogen and oxygen atoms in total. The maximum Gasteiger partial charge on any atom is 0.145 e. The van der Waals surface area contributed by atoms with Crippen molar-refractivity contribution in [2.75, 3.05) is 21.1 Å². The number of benzene rings is 1. The second-order valence-corrected chi connectivity index (χ2v) is 6.04. The molecule has 1 aromatic carbocycles. The van der Waals surface area contributed by atoms with E-state index in [9.17, 15) is 8.78 Å². The van der Waals surface area contributed by atoms with Gasteiger partial charge in [0, 0.05) is 11.1 Å². The van der Waals surface area contributed by atoms with Gasteiger partial charge in [0.1, 0.15) is 11.6 Å². The minimum atomic E-state index is -0.530. The molecule has 0 spiro atoms. The standard InChI is InChI=1S/C15H23BrF2N2/c1-6-15(7-2,20(4)5)14(19-3)12-11(17)9-8-10(16)13(12)18/h8-9,14,19H,6-7H2,1-5H3. The summed E-state index contributed by atoms with van der Waals surface area (Å²) in [5.74, 6) is -1.05. The zero-order chi connectivity index (χ0) is 15.5. The van der Waals surface area contributed by atoms with Crippen molar-refractivity contribution >= 4 is 15.9 Å². The highest BCUT2D eigenvalue weighted by atomic mass is 79.9. The molecule has 0 saturated carbocycles. The molecule has 0 aromatic heterocycles. The lowest BCUT2D eigenvalue weighted by atomic mass is 9.79. The van der Waals surface area contributed by atoms with Crippen LogP contribution in [0.2, 0.25) is 0 Å². The van der Waals surface area contributed by atoms with E-state index in [0.717, 1.165) is 12.8 Å². The van der Waals surface area contributed by atoms with Crippen LogP contribution in [0.4, 0.5) is 8.78 Å². The number of rotatable bonds is 6. The zero-order valence-corrected chi connectivity index (χ0v) is 14.3. The SMILES string of the molecule is CCC(CC)(C(NC)c1c(F)ccc(Br)c1F)N(C)C. The highest BCUT2D eigenvalue weighted by molar-refractivity contribution is 9.10. The lowest BCUT2D eigenvalue weighted by Gasteiger charge is -2.45. The fraction of sp³-hybridized carbons (Fsp3) is 0.600. The molecule has 1 unspecified atom stereocenters. The molecule has 1 aromatic rings. The van der Waals surface area contributed by atoms with Crippen LogP contribution in [0.15, 0.2) is 16.6 Å². The molecule has 1 N–H and O–H groups in total. The van der Waals surface area contributed by atoms with Crippen molar-refractivity contribution in [1.29, 1.82) is 0 Å². The van der Waals surface area contributed by atoms with Crippen LogP contribution in [0, 0.1) is 11.6 Å². The molecule has 0 aliphatic heterocycles. The van der Waals surface area contributed by atoms with Gasteiger partial charge in [0.2, 0.25) is 0 Å². The second kappa shape index (κ2) is 6.96. The van der Waals surface area contributed by atoms with Crippen LogP contribution in [0.25, 0.3) is 0 Å². The second-order valence-electron chi connectivity index (χ2n) is 5.18. The first-order valence-electron chi connectivity index (χ1n) is 6.83. The maximum atomic E-state index is 14.4. The minimum absolute atomic E-state index is 0.0966. The number of halogens is 3. The molecule has 0 aliphatic rings. The first kappa shape index (κ1) is 17.5. The van der Waals surface area contributed by atoms with Crippen molar-refractivity contribution < 1.29 is 8.78 Å². The third-order valence-corrected chi connectivity index (χ3v) is 4.92. The van der Waals surface area contributed by atoms with E-state index in [2.05, 4.69) is 21.2 Å². The molecule has 114 valence electrons. The first-order chi connectivity index (χ1) is 9.35. The Labute approximate surface area is 128 Å². The summed E-state index contributed by atoms with van der Waals surface area (Å²) in [7, 11) is 5.64. The van der Waals surface area contributed by atoms with Gasteiger partial charge >= 0.3 is 0 Å². The van der Waals surface area contributed by atoms with Gasteiger partial charge in [-0.05, 0) is 62.0 Å². The summed E-state index contributed by atoms with van der Waals surface area (Å²) in [5.41, 5.74) is -0.253. The van der Waals surface area contributed by atoms with Crippen LogP contribution < -0.4 is 5.32 Å². The first-order valence-corrected chi connectivity index (χ1v) is 7.63. The van der Waals surface area contributed by atoms with Crippen LogP contribution >= 0.6 is 15.9 Å². The van der Waals surface area contributed by atoms with E-state index in [1.165, 1.54) is 12.1 Å². The number of nitrogens with one attached hydrogen (secondary N) is 1. The molecule has 1 rings (SSSR count). The molecule has 0 saturated heterocycles. The Morgan fingerprint density at radius 3 is 2.20 bits per heavy atom. The van der Waals surface area contributed by atoms with Gasteiger partial charge in [-0.2, -0.15) is 0 Å². The van der Waals surface area contributed by atoms with E-state index >= 15 is 0 Å². The van der Waals surface area contributed by atoms with Crippen LogP contribution in [0.3, 0.4) is 0 Å². The lowest BCUT2D eigenvalue weighted by Crippen LogP contribution is -2.53. The summed E-state index contributed by atoms with van der Waals surface area (Å²) in [4.78, 5) is 2.05. The summed E-state index contributed by atoms with van der Waals surface area (Å²) in [5, 5.41) is 3.11. The van der Waals surface area contributed by atoms with Crippen molar-refractivity contribution in [1.82, 2.24) is 10.2 Å². The monoisotopic (exact) mass is 348 g/mol. The Morgan fingerprint density at radius 2 is 1.80 bits per heavy atom. The number of hydrogen-bond donors (Lipinski definition) is 1. The third kappa shape index (κ3) is 2.90. The van der Waals surface area contributed by atoms with Gasteiger partial charge < -0.3 is 10.2 Å². The van der Waals surface area contributed by atoms with E-state index in [0.29, 0.717) is 0 Å². The van der Waals surface area contributed by atoms with Gasteiger partial charge in [-0.25, -0.2) is 8.78 Å². The fourth-order valence-corrected chi connectivity index (χ4v) is 3.38. The Bertz CT molecular complexity index is 459. The van der Waals surface area contributed by atoms with E-state index in [-0.39, 0.29) is 15.6 Å². The average Bonchev–Trinajstić information content (AvgIpc) is 2.42. The van der Waals surface area contributed by atoms with Crippen molar-refractivity contribution in [3.05, 3.63) is 33.8 Å². The van der Waals surface area contributed by atoms with E-state index in [4.69, 9.17) is 0 Å². The molecule has 1 atom stereocenters. The molecule has 0 bridgehead atoms. The van der Waals surface area contributed by atoms with Crippen LogP contribution in [0.1, 0.15) is 38.3 Å². The van der Waals surface area contributed by atoms with Gasteiger partial charge in [0.05, 0.1) is 10.5 Å². The van der Waals surface area contributed by atoms with Crippen molar-refractivity contribution in [3.8, 4) is 0 Å². The molecule has 0 heterocycles. The van der Waals surface area contributed by atoms with E-state index < -0.39 is 17.7 Å². The summed E-state index contributed by atoms with van der Waals surface area (Å²) >= 11 is 3.14. The molecule has 0 fully saturated rings. The van der Waals surface area contributed by atoms with Crippen LogP contribution in [-0.2, 0) is 0 Å². The summed E-state index contributed by atoms with van der Waals surface area (Å²) < 4.78 is 28.9. The highest BCUT2D eigenvalue weighted by Crippen LogP contribution is 2.39. The highest BCUT2D eigenvalue weighted by Gasteiger charge is 2.40. The quantitative estimate of drug-likeness (QED) is 0.778. The normalized spacial score (nSPS) is 13.8. The van der Waals surface area contributed by atoms with Gasteiger partial charge in [-0.15, -0.1) is 0 Å². The Kier molecular flexibility index (Phi) is 6.10. The largest absolute Gasteiger partial charge is 0.311 e. The van der Waals surface area contributed by atoms with Gasteiger partial charge in [0.15, 0.2) is 0 Å². The molecule has 0 amide bonds. The predicted molar refractivity (Wildman–Crippen MR) is 82.9 cm³/mol. The third-order valence-electron chi connectivity index (χ3n) is 4.31. The predicted octanol–water partition coefficient (Wildman–Crippen LogP) is 4.11. The van der Waals surface area contributed by atoms with Crippen LogP contribution in [-0.4, -0.2) is 31.6 Å². The average molecular weight is 349 g/mol. The lowest BCUT2D eigenvalue weighted by molar-refractivity contribution is 0.0882. The van der Waals surface area contributed by atoms with Crippen molar-refractivity contribution in [2.45, 2.75) is 38.3 Å². The van der Waals surface area contributed by atoms with Crippen molar-refractivity contribution in [3.63, 3.8) is 0 Å². The summed E-state index contributed by atoms with van der Waals surface area (Å²) in [6.45, 7) is 4.09. The fourth-order valence-electron chi connectivity index (χ4n) is 3.04. The molecule has 0 aliphatic carbocycles. The molecular weight excluding hydrogens is 326 g/mol. The number of likely N-dealkylation sites (N-methyl/N-ethyl adjacent to an activating group) is 2. The Morgan fingerprint density at radius 1 is 1.25 bits per heavy atom. The molecule has 5 heteroatoms. The smallest absolute Gasteiger partial charge is 0.145 e. The topological polar surface area (TPSA) is 15.3 Å². The summed E-state index contributed by atoms with van der Waals surface area (Å²) in [6.07, 6.45) is 1.57. The maximum absolute atomic E-state index is 14.4. The zero-order valence-electron chi connectivity index (χ0n) is 12.7. The van der Waals surface area contributed by atoms with Gasteiger partial charge in [-0.3, -0.25) is 0 Å². The van der Waals surface area contributed by atoms with E-state index in [1.807, 2.05) is 32.8 Å². The molecular formula is C15H23BrF2N2. The molecule has 0 radical (unpaired) electrons. The molecule has 20 heavy (non-hydrogen) atoms. The van der Waals surface area contributed by atoms with Gasteiger partial charge in [-0.1, -0.05) is 13.8 Å².